The minimum absolute atomic E-state index is 0.000654. The fourth-order valence-electron chi connectivity index (χ4n) is 1.76. The maximum Gasteiger partial charge on any atom is 0.433 e. The Hall–Kier alpha value is -1.43. The number of rotatable bonds is 2. The lowest BCUT2D eigenvalue weighted by atomic mass is 10.2. The van der Waals surface area contributed by atoms with Gasteiger partial charge in [0.15, 0.2) is 5.69 Å². The molecule has 0 saturated carbocycles. The largest absolute Gasteiger partial charge is 0.433 e. The Labute approximate surface area is 108 Å². The first-order valence-electron chi connectivity index (χ1n) is 5.25. The molecule has 1 aromatic carbocycles. The van der Waals surface area contributed by atoms with Crippen molar-refractivity contribution in [1.29, 1.82) is 0 Å². The second-order valence-electron chi connectivity index (χ2n) is 3.93. The summed E-state index contributed by atoms with van der Waals surface area (Å²) in [6.07, 6.45) is -3.24. The summed E-state index contributed by atoms with van der Waals surface area (Å²) in [6.45, 7) is 1.82. The van der Waals surface area contributed by atoms with Crippen LogP contribution in [-0.2, 0) is 11.9 Å². The lowest BCUT2D eigenvalue weighted by Gasteiger charge is -2.12. The summed E-state index contributed by atoms with van der Waals surface area (Å²) >= 11 is 3.90. The Morgan fingerprint density at radius 1 is 1.33 bits per heavy atom. The van der Waals surface area contributed by atoms with Gasteiger partial charge in [-0.15, -0.1) is 0 Å². The van der Waals surface area contributed by atoms with Gasteiger partial charge in [-0.2, -0.15) is 30.9 Å². The summed E-state index contributed by atoms with van der Waals surface area (Å²) in [5.41, 5.74) is 0.592. The standard InChI is InChI=1S/C12H11F3N2S/c1-8-3-2-4-10(5-8)17-11(12(13,14)15)9(7-18)6-16-17/h2-6,18H,7H2,1H3. The highest BCUT2D eigenvalue weighted by Gasteiger charge is 2.38. The second-order valence-corrected chi connectivity index (χ2v) is 4.24. The Kier molecular flexibility index (Phi) is 3.38. The second kappa shape index (κ2) is 4.68. The number of alkyl halides is 3. The van der Waals surface area contributed by atoms with Gasteiger partial charge >= 0.3 is 6.18 Å². The molecule has 0 N–H and O–H groups in total. The van der Waals surface area contributed by atoms with Gasteiger partial charge in [-0.3, -0.25) is 0 Å². The molecule has 1 heterocycles. The summed E-state index contributed by atoms with van der Waals surface area (Å²) in [4.78, 5) is 0. The molecule has 0 spiro atoms. The molecule has 0 fully saturated rings. The van der Waals surface area contributed by atoms with Crippen molar-refractivity contribution in [2.45, 2.75) is 18.9 Å². The first-order valence-corrected chi connectivity index (χ1v) is 5.88. The van der Waals surface area contributed by atoms with Crippen molar-refractivity contribution in [1.82, 2.24) is 9.78 Å². The number of nitrogens with zero attached hydrogens (tertiary/aromatic N) is 2. The summed E-state index contributed by atoms with van der Waals surface area (Å²) in [5.74, 6) is 0.000654. The van der Waals surface area contributed by atoms with E-state index >= 15 is 0 Å². The summed E-state index contributed by atoms with van der Waals surface area (Å²) in [5, 5.41) is 3.81. The van der Waals surface area contributed by atoms with Gasteiger partial charge in [-0.05, 0) is 24.6 Å². The zero-order valence-corrected chi connectivity index (χ0v) is 10.5. The fourth-order valence-corrected chi connectivity index (χ4v) is 1.99. The monoisotopic (exact) mass is 272 g/mol. The number of halogens is 3. The molecule has 0 aliphatic heterocycles. The number of benzene rings is 1. The van der Waals surface area contributed by atoms with E-state index in [1.807, 2.05) is 13.0 Å². The summed E-state index contributed by atoms with van der Waals surface area (Å²) < 4.78 is 40.0. The van der Waals surface area contributed by atoms with Crippen molar-refractivity contribution in [3.05, 3.63) is 47.3 Å². The van der Waals surface area contributed by atoms with Crippen LogP contribution in [0, 0.1) is 6.92 Å². The van der Waals surface area contributed by atoms with Crippen molar-refractivity contribution >= 4 is 12.6 Å². The number of hydrogen-bond acceptors (Lipinski definition) is 2. The Bertz CT molecular complexity index is 561. The van der Waals surface area contributed by atoms with Crippen LogP contribution >= 0.6 is 12.6 Å². The molecule has 96 valence electrons. The average Bonchev–Trinajstić information content (AvgIpc) is 2.72. The molecule has 0 atom stereocenters. The fraction of sp³-hybridized carbons (Fsp3) is 0.250. The molecule has 2 aromatic rings. The van der Waals surface area contributed by atoms with Gasteiger partial charge in [0.2, 0.25) is 0 Å². The van der Waals surface area contributed by atoms with E-state index < -0.39 is 11.9 Å². The lowest BCUT2D eigenvalue weighted by Crippen LogP contribution is -2.15. The van der Waals surface area contributed by atoms with Crippen LogP contribution in [0.1, 0.15) is 16.8 Å². The maximum absolute atomic E-state index is 13.0. The van der Waals surface area contributed by atoms with E-state index in [-0.39, 0.29) is 11.3 Å². The zero-order valence-electron chi connectivity index (χ0n) is 9.57. The van der Waals surface area contributed by atoms with Gasteiger partial charge in [0.1, 0.15) is 0 Å². The zero-order chi connectivity index (χ0) is 13.3. The third kappa shape index (κ3) is 2.38. The van der Waals surface area contributed by atoms with Crippen molar-refractivity contribution in [2.75, 3.05) is 0 Å². The van der Waals surface area contributed by atoms with Crippen LogP contribution in [0.3, 0.4) is 0 Å². The van der Waals surface area contributed by atoms with Crippen molar-refractivity contribution in [3.63, 3.8) is 0 Å². The van der Waals surface area contributed by atoms with Gasteiger partial charge in [0, 0.05) is 11.3 Å². The summed E-state index contributed by atoms with van der Waals surface area (Å²) in [7, 11) is 0. The van der Waals surface area contributed by atoms with Crippen LogP contribution in [0.5, 0.6) is 0 Å². The summed E-state index contributed by atoms with van der Waals surface area (Å²) in [6, 6.07) is 6.77. The van der Waals surface area contributed by atoms with Gasteiger partial charge in [0.25, 0.3) is 0 Å². The highest BCUT2D eigenvalue weighted by molar-refractivity contribution is 7.79. The van der Waals surface area contributed by atoms with Gasteiger partial charge in [-0.1, -0.05) is 12.1 Å². The SMILES string of the molecule is Cc1cccc(-n2ncc(CS)c2C(F)(F)F)c1. The molecule has 0 unspecified atom stereocenters. The first-order chi connectivity index (χ1) is 8.43. The van der Waals surface area contributed by atoms with Crippen molar-refractivity contribution in [3.8, 4) is 5.69 Å². The van der Waals surface area contributed by atoms with E-state index in [4.69, 9.17) is 0 Å². The van der Waals surface area contributed by atoms with Gasteiger partial charge in [-0.25, -0.2) is 4.68 Å². The number of aryl methyl sites for hydroxylation is 1. The molecule has 0 aliphatic carbocycles. The number of thiol groups is 1. The van der Waals surface area contributed by atoms with E-state index in [1.54, 1.807) is 18.2 Å². The van der Waals surface area contributed by atoms with E-state index in [2.05, 4.69) is 17.7 Å². The van der Waals surface area contributed by atoms with E-state index in [0.717, 1.165) is 10.2 Å². The Balaban J connectivity index is 2.62. The third-order valence-electron chi connectivity index (χ3n) is 2.53. The third-order valence-corrected chi connectivity index (χ3v) is 2.87. The molecule has 1 aromatic heterocycles. The minimum atomic E-state index is -4.45. The van der Waals surface area contributed by atoms with Crippen LogP contribution in [0.2, 0.25) is 0 Å². The molecule has 0 radical (unpaired) electrons. The molecule has 0 bridgehead atoms. The van der Waals surface area contributed by atoms with Crippen LogP contribution in [0.15, 0.2) is 30.5 Å². The highest BCUT2D eigenvalue weighted by atomic mass is 32.1. The molecule has 18 heavy (non-hydrogen) atoms. The topological polar surface area (TPSA) is 17.8 Å². The van der Waals surface area contributed by atoms with E-state index in [0.29, 0.717) is 5.69 Å². The molecule has 2 rings (SSSR count). The van der Waals surface area contributed by atoms with Crippen LogP contribution in [0.25, 0.3) is 5.69 Å². The predicted molar refractivity (Wildman–Crippen MR) is 66.0 cm³/mol. The lowest BCUT2D eigenvalue weighted by molar-refractivity contribution is -0.143. The van der Waals surface area contributed by atoms with Crippen LogP contribution < -0.4 is 0 Å². The smallest absolute Gasteiger partial charge is 0.228 e. The van der Waals surface area contributed by atoms with E-state index in [9.17, 15) is 13.2 Å². The molecule has 0 saturated heterocycles. The Morgan fingerprint density at radius 3 is 2.61 bits per heavy atom. The number of hydrogen-bond donors (Lipinski definition) is 1. The van der Waals surface area contributed by atoms with Crippen molar-refractivity contribution < 1.29 is 13.2 Å². The first kappa shape index (κ1) is 13.0. The highest BCUT2D eigenvalue weighted by Crippen LogP contribution is 2.34. The maximum atomic E-state index is 13.0. The molecule has 6 heteroatoms. The molecular formula is C12H11F3N2S. The van der Waals surface area contributed by atoms with Crippen LogP contribution in [0.4, 0.5) is 13.2 Å². The van der Waals surface area contributed by atoms with Gasteiger partial charge < -0.3 is 0 Å². The number of aromatic nitrogens is 2. The minimum Gasteiger partial charge on any atom is -0.228 e. The Morgan fingerprint density at radius 2 is 2.06 bits per heavy atom. The predicted octanol–water partition coefficient (Wildman–Crippen LogP) is 3.63. The van der Waals surface area contributed by atoms with Gasteiger partial charge in [0.05, 0.1) is 11.9 Å². The molecular weight excluding hydrogens is 261 g/mol. The van der Waals surface area contributed by atoms with Crippen LogP contribution in [-0.4, -0.2) is 9.78 Å². The quantitative estimate of drug-likeness (QED) is 0.826. The molecule has 0 aliphatic rings. The van der Waals surface area contributed by atoms with Crippen molar-refractivity contribution in [2.24, 2.45) is 0 Å². The molecule has 2 nitrogen and oxygen atoms in total. The molecule has 0 amide bonds. The normalized spacial score (nSPS) is 11.8. The van der Waals surface area contributed by atoms with E-state index in [1.165, 1.54) is 6.20 Å². The average molecular weight is 272 g/mol.